The van der Waals surface area contributed by atoms with E-state index in [1.165, 1.54) is 0 Å². The van der Waals surface area contributed by atoms with Gasteiger partial charge < -0.3 is 14.2 Å². The normalized spacial score (nSPS) is 18.5. The van der Waals surface area contributed by atoms with Gasteiger partial charge in [0.1, 0.15) is 40.1 Å². The summed E-state index contributed by atoms with van der Waals surface area (Å²) in [5, 5.41) is 0. The van der Waals surface area contributed by atoms with Crippen LogP contribution in [0, 0.1) is 29.2 Å². The summed E-state index contributed by atoms with van der Waals surface area (Å²) in [6, 6.07) is 1.98. The highest BCUT2D eigenvalue weighted by atomic mass is 19.4. The van der Waals surface area contributed by atoms with Crippen molar-refractivity contribution in [1.29, 1.82) is 0 Å². The second kappa shape index (κ2) is 11.4. The summed E-state index contributed by atoms with van der Waals surface area (Å²) < 4.78 is 110. The molecule has 3 rings (SSSR count). The molecule has 0 amide bonds. The third-order valence-corrected chi connectivity index (χ3v) is 5.49. The van der Waals surface area contributed by atoms with E-state index >= 15 is 0 Å². The molecule has 35 heavy (non-hydrogen) atoms. The number of ether oxygens (including phenoxy) is 3. The van der Waals surface area contributed by atoms with Crippen LogP contribution < -0.4 is 4.74 Å². The van der Waals surface area contributed by atoms with Crippen molar-refractivity contribution < 1.29 is 49.7 Å². The predicted octanol–water partition coefficient (Wildman–Crippen LogP) is 6.59. The van der Waals surface area contributed by atoms with E-state index < -0.39 is 58.6 Å². The lowest BCUT2D eigenvalue weighted by Gasteiger charge is -2.29. The number of rotatable bonds is 8. The van der Waals surface area contributed by atoms with Crippen molar-refractivity contribution in [2.75, 3.05) is 13.2 Å². The number of esters is 1. The maximum absolute atomic E-state index is 14.5. The highest BCUT2D eigenvalue weighted by molar-refractivity contribution is 5.91. The van der Waals surface area contributed by atoms with Gasteiger partial charge >= 0.3 is 12.1 Å². The van der Waals surface area contributed by atoms with E-state index in [9.17, 15) is 35.5 Å². The molecule has 11 heteroatoms. The molecule has 0 atom stereocenters. The van der Waals surface area contributed by atoms with Crippen molar-refractivity contribution in [3.05, 3.63) is 64.2 Å². The van der Waals surface area contributed by atoms with Crippen LogP contribution in [0.5, 0.6) is 5.75 Å². The molecule has 0 bridgehead atoms. The number of halogens is 7. The number of alkyl halides is 3. The fraction of sp³-hybridized carbons (Fsp3) is 0.458. The monoisotopic (exact) mass is 508 g/mol. The van der Waals surface area contributed by atoms with Gasteiger partial charge in [0.25, 0.3) is 0 Å². The second-order valence-corrected chi connectivity index (χ2v) is 8.23. The first-order chi connectivity index (χ1) is 16.5. The van der Waals surface area contributed by atoms with Crippen molar-refractivity contribution in [3.63, 3.8) is 0 Å². The molecule has 1 saturated heterocycles. The van der Waals surface area contributed by atoms with Gasteiger partial charge in [0, 0.05) is 24.5 Å². The van der Waals surface area contributed by atoms with Crippen molar-refractivity contribution in [3.8, 4) is 5.75 Å². The number of aryl methyl sites for hydroxylation is 1. The number of unbranched alkanes of at least 4 members (excludes halogenated alkanes) is 1. The zero-order valence-corrected chi connectivity index (χ0v) is 18.7. The maximum Gasteiger partial charge on any atom is 0.422 e. The topological polar surface area (TPSA) is 44.8 Å². The van der Waals surface area contributed by atoms with Gasteiger partial charge in [-0.3, -0.25) is 0 Å². The van der Waals surface area contributed by atoms with Gasteiger partial charge in [-0.25, -0.2) is 22.4 Å². The second-order valence-electron chi connectivity index (χ2n) is 8.23. The minimum Gasteiger partial charge on any atom is -0.423 e. The van der Waals surface area contributed by atoms with Crippen LogP contribution in [-0.2, 0) is 22.1 Å². The van der Waals surface area contributed by atoms with E-state index in [-0.39, 0.29) is 24.1 Å². The Morgan fingerprint density at radius 2 is 1.51 bits per heavy atom. The van der Waals surface area contributed by atoms with Gasteiger partial charge in [0.15, 0.2) is 6.29 Å². The number of carbonyl (C=O) groups excluding carboxylic acids is 1. The number of benzene rings is 2. The first-order valence-electron chi connectivity index (χ1n) is 11.0. The van der Waals surface area contributed by atoms with E-state index in [1.54, 1.807) is 0 Å². The van der Waals surface area contributed by atoms with Crippen LogP contribution >= 0.6 is 0 Å². The largest absolute Gasteiger partial charge is 0.423 e. The molecule has 1 heterocycles. The highest BCUT2D eigenvalue weighted by Gasteiger charge is 2.38. The molecule has 192 valence electrons. The van der Waals surface area contributed by atoms with Crippen LogP contribution in [0.3, 0.4) is 0 Å². The van der Waals surface area contributed by atoms with E-state index in [1.807, 2.05) is 0 Å². The SMILES string of the molecule is CCCCC1COC(CCc2cc(F)c(C(=O)Oc3cc(F)c(C(F)(F)F)c(F)c3)c(F)c2)OC1. The molecule has 0 N–H and O–H groups in total. The Morgan fingerprint density at radius 1 is 0.943 bits per heavy atom. The number of hydrogen-bond acceptors (Lipinski definition) is 4. The minimum atomic E-state index is -5.32. The summed E-state index contributed by atoms with van der Waals surface area (Å²) in [5.41, 5.74) is -3.14. The fourth-order valence-corrected chi connectivity index (χ4v) is 3.70. The lowest BCUT2D eigenvalue weighted by Crippen LogP contribution is -2.32. The summed E-state index contributed by atoms with van der Waals surface area (Å²) in [7, 11) is 0. The summed E-state index contributed by atoms with van der Waals surface area (Å²) in [6.07, 6.45) is -2.25. The molecule has 2 aromatic rings. The van der Waals surface area contributed by atoms with Gasteiger partial charge in [-0.2, -0.15) is 13.2 Å². The molecule has 0 aromatic heterocycles. The van der Waals surface area contributed by atoms with Gasteiger partial charge in [0.05, 0.1) is 13.2 Å². The zero-order valence-electron chi connectivity index (χ0n) is 18.7. The average Bonchev–Trinajstić information content (AvgIpc) is 2.75. The molecule has 0 aliphatic carbocycles. The van der Waals surface area contributed by atoms with Crippen molar-refractivity contribution >= 4 is 5.97 Å². The van der Waals surface area contributed by atoms with E-state index in [2.05, 4.69) is 11.7 Å². The van der Waals surface area contributed by atoms with Crippen LogP contribution in [-0.4, -0.2) is 25.5 Å². The molecule has 0 spiro atoms. The summed E-state index contributed by atoms with van der Waals surface area (Å²) >= 11 is 0. The number of hydrogen-bond donors (Lipinski definition) is 0. The van der Waals surface area contributed by atoms with Crippen LogP contribution in [0.1, 0.15) is 54.1 Å². The van der Waals surface area contributed by atoms with E-state index in [0.717, 1.165) is 31.4 Å². The highest BCUT2D eigenvalue weighted by Crippen LogP contribution is 2.35. The molecule has 4 nitrogen and oxygen atoms in total. The molecule has 0 saturated carbocycles. The smallest absolute Gasteiger partial charge is 0.422 e. The van der Waals surface area contributed by atoms with Crippen molar-refractivity contribution in [2.45, 2.75) is 51.5 Å². The Morgan fingerprint density at radius 3 is 2.03 bits per heavy atom. The Kier molecular flexibility index (Phi) is 8.76. The van der Waals surface area contributed by atoms with Gasteiger partial charge in [0.2, 0.25) is 0 Å². The van der Waals surface area contributed by atoms with Crippen LogP contribution in [0.25, 0.3) is 0 Å². The van der Waals surface area contributed by atoms with E-state index in [0.29, 0.717) is 25.6 Å². The van der Waals surface area contributed by atoms with Crippen molar-refractivity contribution in [1.82, 2.24) is 0 Å². The summed E-state index contributed by atoms with van der Waals surface area (Å²) in [5.74, 6) is -9.03. The molecular weight excluding hydrogens is 485 g/mol. The van der Waals surface area contributed by atoms with Crippen molar-refractivity contribution in [2.24, 2.45) is 5.92 Å². The molecular formula is C24H23F7O4. The molecule has 0 radical (unpaired) electrons. The molecule has 1 aliphatic heterocycles. The quantitative estimate of drug-likeness (QED) is 0.229. The molecule has 2 aromatic carbocycles. The first kappa shape index (κ1) is 26.9. The Labute approximate surface area is 197 Å². The summed E-state index contributed by atoms with van der Waals surface area (Å²) in [6.45, 7) is 3.15. The van der Waals surface area contributed by atoms with Crippen LogP contribution in [0.2, 0.25) is 0 Å². The molecule has 0 unspecified atom stereocenters. The number of carbonyl (C=O) groups is 1. The fourth-order valence-electron chi connectivity index (χ4n) is 3.70. The maximum atomic E-state index is 14.5. The van der Waals surface area contributed by atoms with Crippen LogP contribution in [0.4, 0.5) is 30.7 Å². The minimum absolute atomic E-state index is 0.102. The van der Waals surface area contributed by atoms with Gasteiger partial charge in [-0.15, -0.1) is 0 Å². The lowest BCUT2D eigenvalue weighted by molar-refractivity contribution is -0.203. The standard InChI is InChI=1S/C24H23F7O4/c1-2-3-4-14-11-33-20(34-12-14)6-5-13-7-16(25)21(17(26)8-13)23(32)35-15-9-18(27)22(19(28)10-15)24(29,30)31/h7-10,14,20H,2-6,11-12H2,1H3. The van der Waals surface area contributed by atoms with Gasteiger partial charge in [-0.1, -0.05) is 19.8 Å². The molecule has 1 aliphatic rings. The Bertz CT molecular complexity index is 1000. The first-order valence-corrected chi connectivity index (χ1v) is 11.0. The summed E-state index contributed by atoms with van der Waals surface area (Å²) in [4.78, 5) is 12.2. The third-order valence-electron chi connectivity index (χ3n) is 5.49. The van der Waals surface area contributed by atoms with Gasteiger partial charge in [-0.05, 0) is 30.5 Å². The predicted molar refractivity (Wildman–Crippen MR) is 110 cm³/mol. The van der Waals surface area contributed by atoms with Crippen LogP contribution in [0.15, 0.2) is 24.3 Å². The Balaban J connectivity index is 1.63. The Hall–Kier alpha value is -2.66. The lowest BCUT2D eigenvalue weighted by atomic mass is 10.0. The molecule has 1 fully saturated rings. The zero-order chi connectivity index (χ0) is 25.8. The average molecular weight is 508 g/mol. The van der Waals surface area contributed by atoms with E-state index in [4.69, 9.17) is 9.47 Å². The third kappa shape index (κ3) is 6.94.